The average Bonchev–Trinajstić information content (AvgIpc) is 2.96. The molecule has 0 aliphatic carbocycles. The number of benzene rings is 2. The monoisotopic (exact) mass is 568 g/mol. The van der Waals surface area contributed by atoms with E-state index in [4.69, 9.17) is 0 Å². The number of aromatic nitrogens is 1. The molecule has 41 heavy (non-hydrogen) atoms. The summed E-state index contributed by atoms with van der Waals surface area (Å²) >= 11 is 0. The Bertz CT molecular complexity index is 1570. The Kier molecular flexibility index (Phi) is 8.63. The maximum absolute atomic E-state index is 2.62. The zero-order valence-electron chi connectivity index (χ0n) is 27.6. The molecule has 2 nitrogen and oxygen atoms in total. The van der Waals surface area contributed by atoms with E-state index in [0.717, 1.165) is 12.8 Å². The fourth-order valence-corrected chi connectivity index (χ4v) is 8.05. The average molecular weight is 569 g/mol. The van der Waals surface area contributed by atoms with E-state index in [1.165, 1.54) is 55.3 Å². The van der Waals surface area contributed by atoms with Gasteiger partial charge < -0.3 is 0 Å². The first-order valence-electron chi connectivity index (χ1n) is 15.1. The normalized spacial score (nSPS) is 22.1. The van der Waals surface area contributed by atoms with Gasteiger partial charge in [0.2, 0.25) is 5.69 Å². The quantitative estimate of drug-likeness (QED) is 0.152. The highest BCUT2D eigenvalue weighted by molar-refractivity contribution is 8.32. The minimum Gasteiger partial charge on any atom is -0.223 e. The van der Waals surface area contributed by atoms with Gasteiger partial charge in [0.1, 0.15) is 12.5 Å². The molecule has 2 aromatic carbocycles. The number of hydrogen-bond donors (Lipinski definition) is 0. The van der Waals surface area contributed by atoms with Crippen molar-refractivity contribution >= 4 is 15.7 Å². The molecule has 218 valence electrons. The highest BCUT2D eigenvalue weighted by Gasteiger charge is 2.67. The molecule has 1 aromatic heterocycles. The van der Waals surface area contributed by atoms with E-state index < -0.39 is 10.0 Å². The predicted molar refractivity (Wildman–Crippen MR) is 182 cm³/mol. The summed E-state index contributed by atoms with van der Waals surface area (Å²) in [5.74, 6) is 0. The van der Waals surface area contributed by atoms with Crippen LogP contribution in [0.15, 0.2) is 89.0 Å². The molecule has 0 saturated heterocycles. The molecule has 0 fully saturated rings. The summed E-state index contributed by atoms with van der Waals surface area (Å²) in [4.78, 5) is 1.45. The van der Waals surface area contributed by atoms with Crippen molar-refractivity contribution in [3.05, 3.63) is 95.2 Å². The summed E-state index contributed by atoms with van der Waals surface area (Å²) < 4.78 is 5.21. The second-order valence-electron chi connectivity index (χ2n) is 12.9. The third-order valence-electron chi connectivity index (χ3n) is 9.95. The summed E-state index contributed by atoms with van der Waals surface area (Å²) in [7, 11) is 1.52. The van der Waals surface area contributed by atoms with Gasteiger partial charge in [-0.05, 0) is 105 Å². The Hall–Kier alpha value is -2.91. The molecule has 0 radical (unpaired) electrons. The molecule has 2 unspecified atom stereocenters. The lowest BCUT2D eigenvalue weighted by atomic mass is 9.63. The van der Waals surface area contributed by atoms with Crippen LogP contribution < -0.4 is 4.57 Å². The van der Waals surface area contributed by atoms with E-state index in [9.17, 15) is 0 Å². The summed E-state index contributed by atoms with van der Waals surface area (Å²) in [6.45, 7) is 18.4. The van der Waals surface area contributed by atoms with Crippen LogP contribution in [0.4, 0.5) is 0 Å². The molecule has 0 bridgehead atoms. The second kappa shape index (κ2) is 11.4. The minimum atomic E-state index is -0.800. The van der Waals surface area contributed by atoms with Crippen LogP contribution in [0.5, 0.6) is 0 Å². The maximum atomic E-state index is 2.62. The number of hydrogen-bond acceptors (Lipinski definition) is 0. The molecule has 1 aliphatic rings. The summed E-state index contributed by atoms with van der Waals surface area (Å²) in [5.41, 5.74) is 11.6. The van der Waals surface area contributed by atoms with E-state index in [2.05, 4.69) is 163 Å². The molecular formula is C38H52N2S+2. The van der Waals surface area contributed by atoms with Crippen molar-refractivity contribution in [1.29, 1.82) is 0 Å². The van der Waals surface area contributed by atoms with Gasteiger partial charge in [-0.2, -0.15) is 4.58 Å². The zero-order valence-corrected chi connectivity index (χ0v) is 28.5. The molecule has 3 heteroatoms. The van der Waals surface area contributed by atoms with Crippen LogP contribution in [0.2, 0.25) is 0 Å². The second-order valence-corrected chi connectivity index (χ2v) is 17.0. The molecule has 2 atom stereocenters. The standard InChI is InChI=1S/C38H52N2S/c1-13-17-28(5)29(6)30(7)39(9)38(15-3)37(8,14-2)35-22-21-32(31-18-16-19-33(24-31)41(10,11)12)25-34(35)36-23-20-27(4)26-40(36)38/h13,16-26H,14-15H2,1-12H3/q+2/b17-13-,29-28+,39-30-. The largest absolute Gasteiger partial charge is 0.365 e. The predicted octanol–water partition coefficient (Wildman–Crippen LogP) is 9.43. The van der Waals surface area contributed by atoms with Crippen LogP contribution >= 0.6 is 10.0 Å². The van der Waals surface area contributed by atoms with Gasteiger partial charge in [-0.15, -0.1) is 4.57 Å². The number of rotatable bonds is 7. The van der Waals surface area contributed by atoms with E-state index in [1.54, 1.807) is 0 Å². The van der Waals surface area contributed by atoms with E-state index in [0.29, 0.717) is 0 Å². The minimum absolute atomic E-state index is 0.122. The van der Waals surface area contributed by atoms with Crippen molar-refractivity contribution < 1.29 is 9.14 Å². The first-order chi connectivity index (χ1) is 19.3. The van der Waals surface area contributed by atoms with Crippen molar-refractivity contribution in [2.24, 2.45) is 0 Å². The summed E-state index contributed by atoms with van der Waals surface area (Å²) in [5, 5.41) is 0. The molecule has 3 aromatic rings. The van der Waals surface area contributed by atoms with Crippen molar-refractivity contribution in [3.8, 4) is 22.4 Å². The fraction of sp³-hybridized carbons (Fsp3) is 0.421. The Labute approximate surface area is 251 Å². The van der Waals surface area contributed by atoms with Gasteiger partial charge in [-0.1, -0.05) is 56.3 Å². The lowest BCUT2D eigenvalue weighted by Crippen LogP contribution is -2.74. The molecular weight excluding hydrogens is 516 g/mol. The Morgan fingerprint density at radius 2 is 1.61 bits per heavy atom. The lowest BCUT2D eigenvalue weighted by Gasteiger charge is -2.44. The van der Waals surface area contributed by atoms with Crippen LogP contribution in [0.3, 0.4) is 0 Å². The van der Waals surface area contributed by atoms with Crippen LogP contribution in [0.25, 0.3) is 22.4 Å². The van der Waals surface area contributed by atoms with Crippen LogP contribution in [-0.2, 0) is 11.1 Å². The Balaban J connectivity index is 2.07. The van der Waals surface area contributed by atoms with Gasteiger partial charge in [0.15, 0.2) is 11.9 Å². The van der Waals surface area contributed by atoms with E-state index in [-0.39, 0.29) is 11.1 Å². The van der Waals surface area contributed by atoms with Gasteiger partial charge in [-0.25, -0.2) is 10.0 Å². The number of aryl methyl sites for hydroxylation is 1. The Morgan fingerprint density at radius 3 is 2.22 bits per heavy atom. The molecule has 4 rings (SSSR count). The third-order valence-corrected chi connectivity index (χ3v) is 11.6. The lowest BCUT2D eigenvalue weighted by molar-refractivity contribution is -0.934. The van der Waals surface area contributed by atoms with Crippen LogP contribution in [0, 0.1) is 6.92 Å². The summed E-state index contributed by atoms with van der Waals surface area (Å²) in [6, 6.07) is 21.1. The smallest absolute Gasteiger partial charge is 0.223 e. The first kappa shape index (κ1) is 31.0. The van der Waals surface area contributed by atoms with Crippen LogP contribution in [-0.4, -0.2) is 36.1 Å². The van der Waals surface area contributed by atoms with E-state index in [1.807, 2.05) is 0 Å². The number of likely N-dealkylation sites (N-methyl/N-ethyl adjacent to an activating group) is 1. The van der Waals surface area contributed by atoms with Crippen molar-refractivity contribution in [2.75, 3.05) is 25.8 Å². The molecule has 0 spiro atoms. The highest BCUT2D eigenvalue weighted by atomic mass is 32.3. The third kappa shape index (κ3) is 5.05. The summed E-state index contributed by atoms with van der Waals surface area (Å²) in [6.07, 6.45) is 15.9. The van der Waals surface area contributed by atoms with Crippen molar-refractivity contribution in [3.63, 3.8) is 0 Å². The molecule has 0 N–H and O–H groups in total. The van der Waals surface area contributed by atoms with Crippen LogP contribution in [0.1, 0.15) is 72.4 Å². The molecule has 1 aliphatic heterocycles. The van der Waals surface area contributed by atoms with Gasteiger partial charge in [-0.3, -0.25) is 0 Å². The van der Waals surface area contributed by atoms with E-state index >= 15 is 0 Å². The fourth-order valence-electron chi connectivity index (χ4n) is 7.08. The number of fused-ring (bicyclic) bond motifs is 3. The topological polar surface area (TPSA) is 6.89 Å². The molecule has 2 heterocycles. The number of nitrogens with zero attached hydrogens (tertiary/aromatic N) is 2. The van der Waals surface area contributed by atoms with Gasteiger partial charge >= 0.3 is 5.66 Å². The van der Waals surface area contributed by atoms with Crippen molar-refractivity contribution in [1.82, 2.24) is 0 Å². The molecule has 0 saturated carbocycles. The highest BCUT2D eigenvalue weighted by Crippen LogP contribution is 2.51. The van der Waals surface area contributed by atoms with Crippen molar-refractivity contribution in [2.45, 2.75) is 84.2 Å². The first-order valence-corrected chi connectivity index (χ1v) is 18.0. The van der Waals surface area contributed by atoms with Gasteiger partial charge in [0.25, 0.3) is 0 Å². The number of pyridine rings is 1. The number of allylic oxidation sites excluding steroid dienone is 4. The zero-order chi connectivity index (χ0) is 30.3. The maximum Gasteiger partial charge on any atom is 0.365 e. The van der Waals surface area contributed by atoms with Gasteiger partial charge in [0.05, 0.1) is 12.0 Å². The van der Waals surface area contributed by atoms with Gasteiger partial charge in [0, 0.05) is 24.1 Å². The SMILES string of the molecule is C\C=C/C(C)=C(C)/C(C)=[N+](/C)C1(CC)[n+]2cc(C)ccc2-c2cc(-c3cccc(S(C)(C)C)c3)ccc2C1(C)CC. The molecule has 0 amide bonds. The Morgan fingerprint density at radius 1 is 0.927 bits per heavy atom.